The molecule has 0 aromatic carbocycles. The van der Waals surface area contributed by atoms with Crippen molar-refractivity contribution in [3.63, 3.8) is 0 Å². The summed E-state index contributed by atoms with van der Waals surface area (Å²) in [5.74, 6) is 0.612. The summed E-state index contributed by atoms with van der Waals surface area (Å²) in [5, 5.41) is 8.70. The standard InChI is InChI=1S/C15H16F3N7S/c1-7-5-10(15(16,17)18)9(6-19)12(21-7)26-8(2)11-22-13(20)24-14(23-11)25(3)4/h5,8H,1-4H3,(H2,20,22,23,24). The van der Waals surface area contributed by atoms with Crippen LogP contribution < -0.4 is 10.6 Å². The van der Waals surface area contributed by atoms with Gasteiger partial charge < -0.3 is 10.6 Å². The number of nitriles is 1. The highest BCUT2D eigenvalue weighted by atomic mass is 32.2. The molecule has 2 heterocycles. The van der Waals surface area contributed by atoms with Gasteiger partial charge in [-0.15, -0.1) is 0 Å². The van der Waals surface area contributed by atoms with Gasteiger partial charge in [0, 0.05) is 19.8 Å². The maximum absolute atomic E-state index is 13.2. The molecular weight excluding hydrogens is 367 g/mol. The number of nitrogens with two attached hydrogens (primary N) is 1. The molecule has 7 nitrogen and oxygen atoms in total. The van der Waals surface area contributed by atoms with Crippen LogP contribution in [0.2, 0.25) is 0 Å². The Bertz CT molecular complexity index is 862. The van der Waals surface area contributed by atoms with Crippen molar-refractivity contribution >= 4 is 23.7 Å². The summed E-state index contributed by atoms with van der Waals surface area (Å²) >= 11 is 0.961. The van der Waals surface area contributed by atoms with Gasteiger partial charge in [0.15, 0.2) is 0 Å². The van der Waals surface area contributed by atoms with Gasteiger partial charge in [-0.1, -0.05) is 11.8 Å². The fraction of sp³-hybridized carbons (Fsp3) is 0.400. The third-order valence-corrected chi connectivity index (χ3v) is 4.32. The summed E-state index contributed by atoms with van der Waals surface area (Å²) in [6.45, 7) is 3.13. The molecule has 0 saturated carbocycles. The molecule has 11 heteroatoms. The van der Waals surface area contributed by atoms with Crippen LogP contribution in [0.4, 0.5) is 25.1 Å². The van der Waals surface area contributed by atoms with Crippen molar-refractivity contribution in [3.05, 3.63) is 28.7 Å². The Morgan fingerprint density at radius 2 is 1.88 bits per heavy atom. The second-order valence-electron chi connectivity index (χ2n) is 5.61. The number of halogens is 3. The normalized spacial score (nSPS) is 12.5. The van der Waals surface area contributed by atoms with Crippen molar-refractivity contribution in [2.24, 2.45) is 0 Å². The van der Waals surface area contributed by atoms with E-state index < -0.39 is 22.6 Å². The molecule has 0 fully saturated rings. The third kappa shape index (κ3) is 4.32. The van der Waals surface area contributed by atoms with Crippen molar-refractivity contribution in [2.75, 3.05) is 24.7 Å². The lowest BCUT2D eigenvalue weighted by molar-refractivity contribution is -0.138. The van der Waals surface area contributed by atoms with Gasteiger partial charge in [0.2, 0.25) is 11.9 Å². The fourth-order valence-electron chi connectivity index (χ4n) is 2.06. The van der Waals surface area contributed by atoms with E-state index in [4.69, 9.17) is 5.73 Å². The van der Waals surface area contributed by atoms with Gasteiger partial charge in [0.1, 0.15) is 16.9 Å². The maximum Gasteiger partial charge on any atom is 0.417 e. The summed E-state index contributed by atoms with van der Waals surface area (Å²) < 4.78 is 39.6. The average molecular weight is 383 g/mol. The summed E-state index contributed by atoms with van der Waals surface area (Å²) in [5.41, 5.74) is 4.31. The van der Waals surface area contributed by atoms with Crippen LogP contribution in [0.5, 0.6) is 0 Å². The SMILES string of the molecule is Cc1cc(C(F)(F)F)c(C#N)c(SC(C)c2nc(N)nc(N(C)C)n2)n1. The molecule has 138 valence electrons. The zero-order valence-electron chi connectivity index (χ0n) is 14.5. The molecule has 0 spiro atoms. The molecule has 2 N–H and O–H groups in total. The number of aromatic nitrogens is 4. The Morgan fingerprint density at radius 3 is 2.42 bits per heavy atom. The first-order valence-corrected chi connectivity index (χ1v) is 8.25. The number of thioether (sulfide) groups is 1. The number of hydrogen-bond acceptors (Lipinski definition) is 8. The molecule has 2 aromatic rings. The molecule has 2 rings (SSSR count). The number of anilines is 2. The van der Waals surface area contributed by atoms with Gasteiger partial charge in [-0.05, 0) is 19.9 Å². The topological polar surface area (TPSA) is 105 Å². The van der Waals surface area contributed by atoms with E-state index in [0.717, 1.165) is 17.8 Å². The highest BCUT2D eigenvalue weighted by molar-refractivity contribution is 7.99. The van der Waals surface area contributed by atoms with Crippen molar-refractivity contribution in [2.45, 2.75) is 30.3 Å². The highest BCUT2D eigenvalue weighted by Crippen LogP contribution is 2.40. The van der Waals surface area contributed by atoms with Crippen LogP contribution in [0.25, 0.3) is 0 Å². The third-order valence-electron chi connectivity index (χ3n) is 3.24. The largest absolute Gasteiger partial charge is 0.417 e. The van der Waals surface area contributed by atoms with E-state index >= 15 is 0 Å². The molecule has 1 atom stereocenters. The number of nitrogen functional groups attached to an aromatic ring is 1. The predicted molar refractivity (Wildman–Crippen MR) is 91.5 cm³/mol. The number of pyridine rings is 1. The number of alkyl halides is 3. The summed E-state index contributed by atoms with van der Waals surface area (Å²) in [6.07, 6.45) is -4.65. The lowest BCUT2D eigenvalue weighted by Gasteiger charge is -2.16. The van der Waals surface area contributed by atoms with Crippen molar-refractivity contribution in [1.29, 1.82) is 5.26 Å². The second kappa shape index (κ2) is 7.33. The van der Waals surface area contributed by atoms with Crippen LogP contribution in [-0.2, 0) is 6.18 Å². The summed E-state index contributed by atoms with van der Waals surface area (Å²) in [6, 6.07) is 2.47. The second-order valence-corrected chi connectivity index (χ2v) is 6.94. The molecule has 2 aromatic heterocycles. The van der Waals surface area contributed by atoms with E-state index in [-0.39, 0.29) is 22.5 Å². The van der Waals surface area contributed by atoms with E-state index in [9.17, 15) is 18.4 Å². The minimum Gasteiger partial charge on any atom is -0.368 e. The first-order chi connectivity index (χ1) is 12.0. The predicted octanol–water partition coefficient (Wildman–Crippen LogP) is 2.97. The van der Waals surface area contributed by atoms with E-state index in [1.807, 2.05) is 0 Å². The van der Waals surface area contributed by atoms with Crippen LogP contribution in [0.15, 0.2) is 11.1 Å². The Morgan fingerprint density at radius 1 is 1.23 bits per heavy atom. The van der Waals surface area contributed by atoms with Gasteiger partial charge in [0.05, 0.1) is 16.4 Å². The van der Waals surface area contributed by atoms with Crippen LogP contribution in [0.3, 0.4) is 0 Å². The minimum absolute atomic E-state index is 0.000149. The van der Waals surface area contributed by atoms with Gasteiger partial charge in [-0.3, -0.25) is 0 Å². The van der Waals surface area contributed by atoms with E-state index in [0.29, 0.717) is 5.95 Å². The fourth-order valence-corrected chi connectivity index (χ4v) is 3.08. The molecule has 0 aliphatic carbocycles. The lowest BCUT2D eigenvalue weighted by Crippen LogP contribution is -2.16. The van der Waals surface area contributed by atoms with Crippen LogP contribution >= 0.6 is 11.8 Å². The smallest absolute Gasteiger partial charge is 0.368 e. The number of nitrogens with zero attached hydrogens (tertiary/aromatic N) is 6. The Balaban J connectivity index is 2.46. The summed E-state index contributed by atoms with van der Waals surface area (Å²) in [4.78, 5) is 18.0. The number of aryl methyl sites for hydroxylation is 1. The first kappa shape index (κ1) is 19.7. The Hall–Kier alpha value is -2.61. The zero-order chi connectivity index (χ0) is 19.6. The monoisotopic (exact) mass is 383 g/mol. The molecule has 0 aliphatic rings. The number of rotatable bonds is 4. The van der Waals surface area contributed by atoms with Crippen molar-refractivity contribution < 1.29 is 13.2 Å². The van der Waals surface area contributed by atoms with Gasteiger partial charge >= 0.3 is 6.18 Å². The molecular formula is C15H16F3N7S. The highest BCUT2D eigenvalue weighted by Gasteiger charge is 2.36. The van der Waals surface area contributed by atoms with Gasteiger partial charge in [-0.2, -0.15) is 33.4 Å². The molecule has 0 bridgehead atoms. The Labute approximate surface area is 152 Å². The van der Waals surface area contributed by atoms with Crippen molar-refractivity contribution in [3.8, 4) is 6.07 Å². The molecule has 0 saturated heterocycles. The summed E-state index contributed by atoms with van der Waals surface area (Å²) in [7, 11) is 3.45. The van der Waals surface area contributed by atoms with Crippen LogP contribution in [0.1, 0.15) is 34.8 Å². The van der Waals surface area contributed by atoms with E-state index in [2.05, 4.69) is 19.9 Å². The van der Waals surface area contributed by atoms with E-state index in [1.165, 1.54) is 6.92 Å². The van der Waals surface area contributed by atoms with Gasteiger partial charge in [0.25, 0.3) is 0 Å². The van der Waals surface area contributed by atoms with Crippen LogP contribution in [0, 0.1) is 18.3 Å². The Kier molecular flexibility index (Phi) is 5.56. The zero-order valence-corrected chi connectivity index (χ0v) is 15.3. The first-order valence-electron chi connectivity index (χ1n) is 7.37. The molecule has 0 aliphatic heterocycles. The lowest BCUT2D eigenvalue weighted by atomic mass is 10.1. The average Bonchev–Trinajstić information content (AvgIpc) is 2.52. The van der Waals surface area contributed by atoms with E-state index in [1.54, 1.807) is 32.0 Å². The molecule has 1 unspecified atom stereocenters. The quantitative estimate of drug-likeness (QED) is 0.804. The molecule has 0 radical (unpaired) electrons. The molecule has 0 amide bonds. The minimum atomic E-state index is -4.65. The van der Waals surface area contributed by atoms with Gasteiger partial charge in [-0.25, -0.2) is 4.98 Å². The maximum atomic E-state index is 13.2. The number of hydrogen-bond donors (Lipinski definition) is 1. The molecule has 26 heavy (non-hydrogen) atoms. The van der Waals surface area contributed by atoms with Crippen LogP contribution in [-0.4, -0.2) is 34.0 Å². The van der Waals surface area contributed by atoms with Crippen molar-refractivity contribution in [1.82, 2.24) is 19.9 Å².